The van der Waals surface area contributed by atoms with Crippen LogP contribution < -0.4 is 0 Å². The summed E-state index contributed by atoms with van der Waals surface area (Å²) in [6.07, 6.45) is 7.04. The third-order valence-electron chi connectivity index (χ3n) is 4.88. The highest BCUT2D eigenvalue weighted by Crippen LogP contribution is 2.35. The van der Waals surface area contributed by atoms with Crippen LogP contribution >= 0.6 is 0 Å². The van der Waals surface area contributed by atoms with Crippen molar-refractivity contribution in [1.29, 1.82) is 0 Å². The Kier molecular flexibility index (Phi) is 6.47. The van der Waals surface area contributed by atoms with E-state index in [2.05, 4.69) is 0 Å². The molecule has 6 heteroatoms. The number of aliphatic hydroxyl groups is 1. The molecule has 0 aromatic heterocycles. The van der Waals surface area contributed by atoms with Crippen molar-refractivity contribution in [3.63, 3.8) is 0 Å². The van der Waals surface area contributed by atoms with E-state index >= 15 is 0 Å². The second kappa shape index (κ2) is 7.90. The maximum Gasteiger partial charge on any atom is 0.214 e. The van der Waals surface area contributed by atoms with Crippen LogP contribution in [0.4, 0.5) is 0 Å². The van der Waals surface area contributed by atoms with Gasteiger partial charge in [0.05, 0.1) is 11.9 Å². The zero-order valence-electron chi connectivity index (χ0n) is 13.0. The van der Waals surface area contributed by atoms with Gasteiger partial charge in [0.2, 0.25) is 10.0 Å². The van der Waals surface area contributed by atoms with Gasteiger partial charge in [-0.3, -0.25) is 0 Å². The van der Waals surface area contributed by atoms with Crippen LogP contribution in [0.5, 0.6) is 0 Å². The van der Waals surface area contributed by atoms with Crippen molar-refractivity contribution in [3.05, 3.63) is 0 Å². The van der Waals surface area contributed by atoms with E-state index < -0.39 is 10.0 Å². The summed E-state index contributed by atoms with van der Waals surface area (Å²) in [5, 5.41) is 10.3. The Hall–Kier alpha value is -0.170. The topological polar surface area (TPSA) is 66.8 Å². The van der Waals surface area contributed by atoms with E-state index in [0.717, 1.165) is 44.9 Å². The maximum absolute atomic E-state index is 12.6. The van der Waals surface area contributed by atoms with E-state index in [1.54, 1.807) is 11.4 Å². The monoisotopic (exact) mass is 319 g/mol. The van der Waals surface area contributed by atoms with Crippen LogP contribution in [0.2, 0.25) is 0 Å². The number of methoxy groups -OCH3 is 1. The molecule has 0 aromatic carbocycles. The van der Waals surface area contributed by atoms with Gasteiger partial charge in [0, 0.05) is 32.2 Å². The van der Waals surface area contributed by atoms with Crippen molar-refractivity contribution < 1.29 is 18.3 Å². The maximum atomic E-state index is 12.6. The molecular formula is C15H29NO4S. The molecule has 0 bridgehead atoms. The van der Waals surface area contributed by atoms with Gasteiger partial charge in [-0.2, -0.15) is 4.31 Å². The van der Waals surface area contributed by atoms with Crippen LogP contribution in [0.25, 0.3) is 0 Å². The van der Waals surface area contributed by atoms with Crippen molar-refractivity contribution in [2.45, 2.75) is 63.5 Å². The highest BCUT2D eigenvalue weighted by atomic mass is 32.2. The Morgan fingerprint density at radius 3 is 2.57 bits per heavy atom. The average molecular weight is 319 g/mol. The van der Waals surface area contributed by atoms with Crippen molar-refractivity contribution in [3.8, 4) is 0 Å². The number of ether oxygens (including phenoxy) is 1. The molecular weight excluding hydrogens is 290 g/mol. The number of sulfonamides is 1. The molecule has 1 heterocycles. The molecule has 1 aliphatic heterocycles. The predicted octanol–water partition coefficient (Wildman–Crippen LogP) is 1.76. The number of hydrogen-bond donors (Lipinski definition) is 1. The van der Waals surface area contributed by atoms with Crippen molar-refractivity contribution in [1.82, 2.24) is 4.31 Å². The molecule has 5 nitrogen and oxygen atoms in total. The number of aliphatic hydroxyl groups excluding tert-OH is 1. The smallest absolute Gasteiger partial charge is 0.214 e. The van der Waals surface area contributed by atoms with Crippen molar-refractivity contribution in [2.24, 2.45) is 5.92 Å². The lowest BCUT2D eigenvalue weighted by atomic mass is 9.79. The fourth-order valence-corrected chi connectivity index (χ4v) is 5.59. The molecule has 0 radical (unpaired) electrons. The zero-order valence-corrected chi connectivity index (χ0v) is 13.9. The quantitative estimate of drug-likeness (QED) is 0.758. The minimum Gasteiger partial charge on any atom is -0.393 e. The van der Waals surface area contributed by atoms with Gasteiger partial charge in [0.1, 0.15) is 0 Å². The largest absolute Gasteiger partial charge is 0.393 e. The molecule has 2 fully saturated rings. The number of nitrogens with zero attached hydrogens (tertiary/aromatic N) is 1. The Morgan fingerprint density at radius 2 is 1.86 bits per heavy atom. The van der Waals surface area contributed by atoms with Crippen molar-refractivity contribution >= 4 is 10.0 Å². The van der Waals surface area contributed by atoms with Gasteiger partial charge in [-0.1, -0.05) is 19.3 Å². The van der Waals surface area contributed by atoms with Gasteiger partial charge in [-0.15, -0.1) is 0 Å². The fraction of sp³-hybridized carbons (Fsp3) is 1.00. The second-order valence-electron chi connectivity index (χ2n) is 6.35. The molecule has 3 atom stereocenters. The molecule has 21 heavy (non-hydrogen) atoms. The minimum atomic E-state index is -3.24. The summed E-state index contributed by atoms with van der Waals surface area (Å²) in [4.78, 5) is 0. The van der Waals surface area contributed by atoms with Crippen LogP contribution in [0, 0.1) is 5.92 Å². The summed E-state index contributed by atoms with van der Waals surface area (Å²) in [6, 6.07) is 0.00148. The number of hydrogen-bond acceptors (Lipinski definition) is 4. The molecule has 2 rings (SSSR count). The summed E-state index contributed by atoms with van der Waals surface area (Å²) in [6.45, 7) is 1.09. The normalized spacial score (nSPS) is 32.2. The SMILES string of the molecule is COCCCS(=O)(=O)N1CCCCC1C1CCCCC1O. The number of piperidine rings is 1. The van der Waals surface area contributed by atoms with E-state index in [-0.39, 0.29) is 23.8 Å². The Bertz CT molecular complexity index is 412. The van der Waals surface area contributed by atoms with Gasteiger partial charge in [0.25, 0.3) is 0 Å². The second-order valence-corrected chi connectivity index (χ2v) is 8.39. The molecule has 1 saturated carbocycles. The highest BCUT2D eigenvalue weighted by Gasteiger charge is 2.40. The molecule has 124 valence electrons. The van der Waals surface area contributed by atoms with Crippen LogP contribution in [0.15, 0.2) is 0 Å². The van der Waals surface area contributed by atoms with Gasteiger partial charge >= 0.3 is 0 Å². The van der Waals surface area contributed by atoms with E-state index in [1.165, 1.54) is 0 Å². The summed E-state index contributed by atoms with van der Waals surface area (Å²) < 4.78 is 31.9. The summed E-state index contributed by atoms with van der Waals surface area (Å²) in [7, 11) is -1.64. The van der Waals surface area contributed by atoms with Crippen molar-refractivity contribution in [2.75, 3.05) is 26.0 Å². The molecule has 0 aromatic rings. The molecule has 1 aliphatic carbocycles. The average Bonchev–Trinajstić information content (AvgIpc) is 2.48. The van der Waals surface area contributed by atoms with Crippen LogP contribution in [0.1, 0.15) is 51.4 Å². The van der Waals surface area contributed by atoms with Crippen LogP contribution in [-0.2, 0) is 14.8 Å². The summed E-state index contributed by atoms with van der Waals surface area (Å²) >= 11 is 0. The van der Waals surface area contributed by atoms with Gasteiger partial charge < -0.3 is 9.84 Å². The fourth-order valence-electron chi connectivity index (χ4n) is 3.80. The highest BCUT2D eigenvalue weighted by molar-refractivity contribution is 7.89. The van der Waals surface area contributed by atoms with Gasteiger partial charge in [0.15, 0.2) is 0 Å². The first kappa shape index (κ1) is 17.2. The summed E-state index contributed by atoms with van der Waals surface area (Å²) in [5.74, 6) is 0.274. The van der Waals surface area contributed by atoms with Gasteiger partial charge in [-0.05, 0) is 32.1 Å². The van der Waals surface area contributed by atoms with E-state index in [4.69, 9.17) is 4.74 Å². The predicted molar refractivity (Wildman–Crippen MR) is 82.6 cm³/mol. The first-order valence-corrected chi connectivity index (χ1v) is 9.83. The molecule has 1 N–H and O–H groups in total. The van der Waals surface area contributed by atoms with E-state index in [1.807, 2.05) is 0 Å². The van der Waals surface area contributed by atoms with Crippen LogP contribution in [0.3, 0.4) is 0 Å². The Morgan fingerprint density at radius 1 is 1.14 bits per heavy atom. The summed E-state index contributed by atoms with van der Waals surface area (Å²) in [5.41, 5.74) is 0. The standard InChI is InChI=1S/C15H29NO4S/c1-20-11-6-12-21(18,19)16-10-5-4-8-14(16)13-7-2-3-9-15(13)17/h13-15,17H,2-12H2,1H3. The first-order valence-electron chi connectivity index (χ1n) is 8.23. The zero-order chi connectivity index (χ0) is 15.3. The van der Waals surface area contributed by atoms with Crippen LogP contribution in [-0.4, -0.2) is 56.0 Å². The first-order chi connectivity index (χ1) is 10.1. The number of rotatable bonds is 6. The lowest BCUT2D eigenvalue weighted by molar-refractivity contribution is 0.0203. The molecule has 3 unspecified atom stereocenters. The lowest BCUT2D eigenvalue weighted by Gasteiger charge is -2.42. The Labute approximate surface area is 128 Å². The van der Waals surface area contributed by atoms with E-state index in [9.17, 15) is 13.5 Å². The lowest BCUT2D eigenvalue weighted by Crippen LogP contribution is -2.51. The van der Waals surface area contributed by atoms with Gasteiger partial charge in [-0.25, -0.2) is 8.42 Å². The third-order valence-corrected chi connectivity index (χ3v) is 6.85. The molecule has 0 spiro atoms. The Balaban J connectivity index is 2.07. The van der Waals surface area contributed by atoms with E-state index in [0.29, 0.717) is 19.6 Å². The molecule has 1 saturated heterocycles. The molecule has 2 aliphatic rings. The third kappa shape index (κ3) is 4.41. The molecule has 0 amide bonds. The minimum absolute atomic E-state index is 0.00148.